The molecule has 44 heavy (non-hydrogen) atoms. The van der Waals surface area contributed by atoms with Gasteiger partial charge in [0.05, 0.1) is 35.9 Å². The number of piperidine rings is 1. The van der Waals surface area contributed by atoms with E-state index >= 15 is 0 Å². The minimum Gasteiger partial charge on any atom is -0.395 e. The van der Waals surface area contributed by atoms with E-state index in [1.54, 1.807) is 6.33 Å². The van der Waals surface area contributed by atoms with Gasteiger partial charge < -0.3 is 19.9 Å². The number of nitrogens with zero attached hydrogens (tertiary/aromatic N) is 7. The zero-order valence-corrected chi connectivity index (χ0v) is 27.3. The number of rotatable bonds is 7. The number of H-pyrrole nitrogens is 1. The summed E-state index contributed by atoms with van der Waals surface area (Å²) in [5.41, 5.74) is 8.65. The van der Waals surface area contributed by atoms with Crippen LogP contribution < -0.4 is 4.90 Å². The van der Waals surface area contributed by atoms with Crippen LogP contribution in [0.4, 0.5) is 5.82 Å². The molecule has 3 aliphatic rings. The summed E-state index contributed by atoms with van der Waals surface area (Å²) in [6, 6.07) is 5.01. The van der Waals surface area contributed by atoms with E-state index in [4.69, 9.17) is 4.98 Å². The second-order valence-corrected chi connectivity index (χ2v) is 14.8. The van der Waals surface area contributed by atoms with Gasteiger partial charge in [0.15, 0.2) is 5.65 Å². The molecule has 4 aromatic heterocycles. The summed E-state index contributed by atoms with van der Waals surface area (Å²) < 4.78 is 1.86. The van der Waals surface area contributed by atoms with Crippen LogP contribution in [0.25, 0.3) is 27.9 Å². The molecule has 1 amide bonds. The molecule has 0 radical (unpaired) electrons. The number of fused-ring (bicyclic) bond motifs is 2. The summed E-state index contributed by atoms with van der Waals surface area (Å²) >= 11 is 0. The highest BCUT2D eigenvalue weighted by molar-refractivity contribution is 5.91. The van der Waals surface area contributed by atoms with E-state index in [1.807, 2.05) is 4.52 Å². The van der Waals surface area contributed by atoms with Gasteiger partial charge in [-0.1, -0.05) is 20.8 Å². The van der Waals surface area contributed by atoms with Gasteiger partial charge in [0, 0.05) is 54.0 Å². The number of aromatic nitrogens is 5. The Hall–Kier alpha value is -3.50. The number of hydrogen-bond acceptors (Lipinski definition) is 7. The van der Waals surface area contributed by atoms with E-state index in [0.717, 1.165) is 58.8 Å². The summed E-state index contributed by atoms with van der Waals surface area (Å²) in [6.07, 6.45) is 4.84. The largest absolute Gasteiger partial charge is 0.395 e. The molecule has 1 spiro atoms. The molecule has 1 aliphatic carbocycles. The average molecular weight is 599 g/mol. The molecule has 7 rings (SSSR count). The third kappa shape index (κ3) is 4.13. The molecule has 10 heteroatoms. The van der Waals surface area contributed by atoms with Crippen molar-refractivity contribution in [1.29, 1.82) is 0 Å². The Labute approximate surface area is 259 Å². The van der Waals surface area contributed by atoms with Crippen LogP contribution in [0, 0.1) is 25.2 Å². The van der Waals surface area contributed by atoms with Crippen LogP contribution in [-0.2, 0) is 4.79 Å². The Kier molecular flexibility index (Phi) is 6.64. The van der Waals surface area contributed by atoms with Gasteiger partial charge >= 0.3 is 0 Å². The second-order valence-electron chi connectivity index (χ2n) is 14.8. The van der Waals surface area contributed by atoms with Crippen molar-refractivity contribution in [1.82, 2.24) is 34.4 Å². The lowest BCUT2D eigenvalue weighted by Gasteiger charge is -2.70. The molecule has 234 valence electrons. The molecule has 0 aromatic carbocycles. The van der Waals surface area contributed by atoms with Gasteiger partial charge in [-0.15, -0.1) is 0 Å². The molecule has 1 saturated carbocycles. The Balaban J connectivity index is 1.22. The Morgan fingerprint density at radius 2 is 2.00 bits per heavy atom. The lowest BCUT2D eigenvalue weighted by molar-refractivity contribution is -0.134. The van der Waals surface area contributed by atoms with Gasteiger partial charge in [-0.25, -0.2) is 14.5 Å². The average Bonchev–Trinajstić information content (AvgIpc) is 3.67. The first kappa shape index (κ1) is 29.2. The fourth-order valence-corrected chi connectivity index (χ4v) is 8.65. The van der Waals surface area contributed by atoms with E-state index < -0.39 is 0 Å². The lowest BCUT2D eigenvalue weighted by atomic mass is 9.49. The number of carbonyl (C=O) groups is 1. The minimum atomic E-state index is -0.184. The summed E-state index contributed by atoms with van der Waals surface area (Å²) in [4.78, 5) is 33.8. The smallest absolute Gasteiger partial charge is 0.236 e. The Morgan fingerprint density at radius 3 is 2.68 bits per heavy atom. The van der Waals surface area contributed by atoms with Crippen molar-refractivity contribution < 1.29 is 9.90 Å². The van der Waals surface area contributed by atoms with Gasteiger partial charge in [0.1, 0.15) is 12.1 Å². The van der Waals surface area contributed by atoms with Crippen LogP contribution in [-0.4, -0.2) is 95.8 Å². The highest BCUT2D eigenvalue weighted by Gasteiger charge is 2.73. The quantitative estimate of drug-likeness (QED) is 0.322. The molecule has 0 unspecified atom stereocenters. The van der Waals surface area contributed by atoms with Crippen LogP contribution in [0.1, 0.15) is 70.6 Å². The number of aromatic amines is 1. The van der Waals surface area contributed by atoms with E-state index in [0.29, 0.717) is 25.0 Å². The molecule has 10 nitrogen and oxygen atoms in total. The number of likely N-dealkylation sites (tertiary alicyclic amines) is 1. The van der Waals surface area contributed by atoms with Gasteiger partial charge in [0.25, 0.3) is 0 Å². The molecule has 6 heterocycles. The van der Waals surface area contributed by atoms with Crippen molar-refractivity contribution in [3.05, 3.63) is 41.3 Å². The molecule has 4 atom stereocenters. The minimum absolute atomic E-state index is 0.0477. The number of hydrogen-bond donors (Lipinski definition) is 2. The first-order valence-electron chi connectivity index (χ1n) is 16.1. The highest BCUT2D eigenvalue weighted by atomic mass is 16.3. The summed E-state index contributed by atoms with van der Waals surface area (Å²) in [6.45, 7) is 19.8. The second kappa shape index (κ2) is 10.0. The summed E-state index contributed by atoms with van der Waals surface area (Å²) in [5, 5.41) is 14.0. The Bertz CT molecular complexity index is 1770. The van der Waals surface area contributed by atoms with Crippen LogP contribution in [0.3, 0.4) is 0 Å². The monoisotopic (exact) mass is 598 g/mol. The van der Waals surface area contributed by atoms with Crippen molar-refractivity contribution in [2.24, 2.45) is 11.3 Å². The number of aliphatic hydroxyl groups is 1. The summed E-state index contributed by atoms with van der Waals surface area (Å²) in [5.74, 6) is 1.99. The third-order valence-corrected chi connectivity index (χ3v) is 10.9. The Morgan fingerprint density at radius 1 is 1.23 bits per heavy atom. The number of anilines is 1. The van der Waals surface area contributed by atoms with E-state index in [1.165, 1.54) is 11.1 Å². The number of β-amino-alcohol motifs (C(OH)–C–C–N with tert-alkyl or cyclic N) is 1. The SMILES string of the molecule is Cc1c(-c2[nH]c3ccc(N4[C@H]5CN(C(=O)CN(CCO)C(C)(C)C)C[C@@]56C[C@H](C)[C@H]46)nc3c2C(C)C)cn2ncnc2c1C. The predicted octanol–water partition coefficient (Wildman–Crippen LogP) is 4.53. The van der Waals surface area contributed by atoms with Crippen molar-refractivity contribution in [3.8, 4) is 11.3 Å². The van der Waals surface area contributed by atoms with Crippen molar-refractivity contribution in [2.75, 3.05) is 37.7 Å². The molecule has 4 aromatic rings. The maximum atomic E-state index is 13.6. The fourth-order valence-electron chi connectivity index (χ4n) is 8.65. The van der Waals surface area contributed by atoms with Gasteiger partial charge in [-0.05, 0) is 76.1 Å². The fraction of sp³-hybridized carbons (Fsp3) is 0.588. The van der Waals surface area contributed by atoms with Crippen LogP contribution >= 0.6 is 0 Å². The van der Waals surface area contributed by atoms with Crippen molar-refractivity contribution in [3.63, 3.8) is 0 Å². The van der Waals surface area contributed by atoms with Crippen molar-refractivity contribution >= 4 is 28.4 Å². The number of pyridine rings is 2. The lowest BCUT2D eigenvalue weighted by Crippen LogP contribution is -2.80. The molecular formula is C34H46N8O2. The number of carbonyl (C=O) groups excluding carboxylic acids is 1. The van der Waals surface area contributed by atoms with Crippen LogP contribution in [0.5, 0.6) is 0 Å². The maximum absolute atomic E-state index is 13.6. The molecule has 3 fully saturated rings. The van der Waals surface area contributed by atoms with Crippen LogP contribution in [0.15, 0.2) is 24.7 Å². The molecule has 2 saturated heterocycles. The topological polar surface area (TPSA) is 106 Å². The van der Waals surface area contributed by atoms with E-state index in [-0.39, 0.29) is 35.4 Å². The van der Waals surface area contributed by atoms with Crippen LogP contribution in [0.2, 0.25) is 0 Å². The number of aliphatic hydroxyl groups excluding tert-OH is 1. The first-order chi connectivity index (χ1) is 20.9. The van der Waals surface area contributed by atoms with Gasteiger partial charge in [0.2, 0.25) is 5.91 Å². The predicted molar refractivity (Wildman–Crippen MR) is 173 cm³/mol. The van der Waals surface area contributed by atoms with E-state index in [2.05, 4.69) is 103 Å². The number of nitrogens with one attached hydrogen (secondary N) is 1. The normalized spacial score (nSPS) is 24.8. The number of amides is 1. The zero-order valence-electron chi connectivity index (χ0n) is 27.3. The first-order valence-corrected chi connectivity index (χ1v) is 16.1. The maximum Gasteiger partial charge on any atom is 0.236 e. The van der Waals surface area contributed by atoms with E-state index in [9.17, 15) is 9.90 Å². The zero-order chi connectivity index (χ0) is 31.3. The number of aryl methyl sites for hydroxylation is 1. The molecule has 2 N–H and O–H groups in total. The molecule has 0 bridgehead atoms. The highest BCUT2D eigenvalue weighted by Crippen LogP contribution is 2.64. The van der Waals surface area contributed by atoms with Crippen molar-refractivity contribution in [2.45, 2.75) is 85.4 Å². The third-order valence-electron chi connectivity index (χ3n) is 10.9. The standard InChI is InChI=1S/C34H46N8O2/c1-19(2)28-29(23-14-41-32(35-18-36-41)22(5)21(23)4)37-24-9-10-26(38-30(24)28)42-25-15-39(17-34(25)13-20(3)31(34)42)27(44)16-40(11-12-43)33(6,7)8/h9-10,14,18-20,25,31,37,43H,11-13,15-17H2,1-8H3/t20-,25-,31-,34-/m0/s1. The molecule has 2 aliphatic heterocycles. The molecular weight excluding hydrogens is 552 g/mol. The van der Waals surface area contributed by atoms with Gasteiger partial charge in [-0.3, -0.25) is 9.69 Å². The summed E-state index contributed by atoms with van der Waals surface area (Å²) in [7, 11) is 0. The van der Waals surface area contributed by atoms with Gasteiger partial charge in [-0.2, -0.15) is 5.10 Å².